The summed E-state index contributed by atoms with van der Waals surface area (Å²) in [5.74, 6) is -2.72. The van der Waals surface area contributed by atoms with Crippen molar-refractivity contribution in [2.24, 2.45) is 17.8 Å². The predicted molar refractivity (Wildman–Crippen MR) is 189 cm³/mol. The molecule has 0 aliphatic carbocycles. The van der Waals surface area contributed by atoms with Crippen molar-refractivity contribution in [1.29, 1.82) is 0 Å². The van der Waals surface area contributed by atoms with Gasteiger partial charge in [-0.1, -0.05) is 20.8 Å². The Morgan fingerprint density at radius 2 is 1.51 bits per heavy atom. The number of esters is 1. The summed E-state index contributed by atoms with van der Waals surface area (Å²) in [6, 6.07) is -0.833. The molecule has 0 bridgehead atoms. The molecule has 3 rings (SSSR count). The molecule has 0 aromatic carbocycles. The molecule has 0 aromatic heterocycles. The van der Waals surface area contributed by atoms with Crippen molar-refractivity contribution in [3.8, 4) is 0 Å². The monoisotopic (exact) mass is 734 g/mol. The smallest absolute Gasteiger partial charge is 0.311 e. The molecule has 51 heavy (non-hydrogen) atoms. The minimum atomic E-state index is -1.81. The fraction of sp³-hybridized carbons (Fsp3) is 0.973. The summed E-state index contributed by atoms with van der Waals surface area (Å²) in [6.07, 6.45) is -9.15. The fourth-order valence-corrected chi connectivity index (χ4v) is 8.55. The number of aliphatic hydroxyl groups excluding tert-OH is 3. The number of rotatable bonds is 6. The number of carbonyl (C=O) groups is 1. The number of cyclic esters (lactones) is 1. The van der Waals surface area contributed by atoms with E-state index in [2.05, 4.69) is 0 Å². The third kappa shape index (κ3) is 10.2. The van der Waals surface area contributed by atoms with E-state index in [-0.39, 0.29) is 37.3 Å². The van der Waals surface area contributed by atoms with Crippen LogP contribution in [-0.4, -0.2) is 164 Å². The van der Waals surface area contributed by atoms with Gasteiger partial charge in [0.2, 0.25) is 0 Å². The fourth-order valence-electron chi connectivity index (χ4n) is 8.55. The molecule has 18 unspecified atom stereocenters. The van der Waals surface area contributed by atoms with Crippen molar-refractivity contribution >= 4 is 5.97 Å². The maximum atomic E-state index is 14.1. The Balaban J connectivity index is 2.16. The van der Waals surface area contributed by atoms with E-state index in [9.17, 15) is 35.4 Å². The number of hydrogen-bond donors (Lipinski definition) is 6. The SMILES string of the molecule is CCC1OC(=O)C(C)C(OC2CC(C)(O)C(O)C(C)O2)C(C)C(OC2OC(C)CC(N(C)C)C2O)C(C)(O)CC(C)CN(C)C(C)C(O)C1(C)O. The lowest BCUT2D eigenvalue weighted by atomic mass is 9.77. The van der Waals surface area contributed by atoms with Crippen molar-refractivity contribution in [1.82, 2.24) is 9.80 Å². The van der Waals surface area contributed by atoms with Gasteiger partial charge < -0.3 is 64.1 Å². The quantitative estimate of drug-likeness (QED) is 0.214. The molecule has 0 radical (unpaired) electrons. The van der Waals surface area contributed by atoms with E-state index in [4.69, 9.17) is 23.7 Å². The molecule has 0 aromatic rings. The Labute approximate surface area is 305 Å². The summed E-state index contributed by atoms with van der Waals surface area (Å²) >= 11 is 0. The molecule has 0 amide bonds. The van der Waals surface area contributed by atoms with E-state index < -0.39 is 96.0 Å². The van der Waals surface area contributed by atoms with Gasteiger partial charge in [0.05, 0.1) is 41.5 Å². The first-order valence-corrected chi connectivity index (χ1v) is 18.8. The van der Waals surface area contributed by atoms with Crippen LogP contribution in [-0.2, 0) is 28.5 Å². The van der Waals surface area contributed by atoms with E-state index in [1.54, 1.807) is 41.5 Å². The molecule has 18 atom stereocenters. The molecule has 3 aliphatic heterocycles. The Morgan fingerprint density at radius 3 is 2.06 bits per heavy atom. The Bertz CT molecular complexity index is 1120. The molecule has 300 valence electrons. The highest BCUT2D eigenvalue weighted by atomic mass is 16.7. The molecule has 3 heterocycles. The van der Waals surface area contributed by atoms with Crippen molar-refractivity contribution in [3.05, 3.63) is 0 Å². The number of ether oxygens (including phenoxy) is 5. The largest absolute Gasteiger partial charge is 0.459 e. The summed E-state index contributed by atoms with van der Waals surface area (Å²) in [5, 5.41) is 68.7. The standard InChI is InChI=1S/C37H70N2O12/c1-14-26-37(10,46)30(41)23(6)39(13)18-19(2)16-36(9,45)32(51-34-28(40)25(38(11)12)15-20(3)47-34)21(4)29(22(5)33(43)49-26)50-27-17-35(8,44)31(42)24(7)48-27/h19-32,34,40-42,44-46H,14-18H2,1-13H3. The summed E-state index contributed by atoms with van der Waals surface area (Å²) in [5.41, 5.74) is -4.95. The van der Waals surface area contributed by atoms with E-state index in [1.165, 1.54) is 13.8 Å². The van der Waals surface area contributed by atoms with E-state index >= 15 is 0 Å². The molecule has 3 fully saturated rings. The highest BCUT2D eigenvalue weighted by Gasteiger charge is 2.52. The van der Waals surface area contributed by atoms with Crippen molar-refractivity contribution < 1.29 is 59.1 Å². The summed E-state index contributed by atoms with van der Waals surface area (Å²) < 4.78 is 31.4. The second kappa shape index (κ2) is 17.2. The van der Waals surface area contributed by atoms with E-state index in [1.807, 2.05) is 44.8 Å². The molecule has 6 N–H and O–H groups in total. The molecule has 14 nitrogen and oxygen atoms in total. The molecule has 3 aliphatic rings. The van der Waals surface area contributed by atoms with Gasteiger partial charge in [-0.25, -0.2) is 0 Å². The van der Waals surface area contributed by atoms with Gasteiger partial charge in [-0.2, -0.15) is 0 Å². The average molecular weight is 735 g/mol. The number of likely N-dealkylation sites (N-methyl/N-ethyl adjacent to an activating group) is 2. The number of carbonyl (C=O) groups excluding carboxylic acids is 1. The minimum Gasteiger partial charge on any atom is -0.459 e. The molecular weight excluding hydrogens is 664 g/mol. The van der Waals surface area contributed by atoms with Gasteiger partial charge in [0.15, 0.2) is 12.6 Å². The molecular formula is C37H70N2O12. The topological polar surface area (TPSA) is 191 Å². The van der Waals surface area contributed by atoms with Crippen molar-refractivity contribution in [2.75, 3.05) is 27.7 Å². The van der Waals surface area contributed by atoms with Gasteiger partial charge in [-0.15, -0.1) is 0 Å². The van der Waals surface area contributed by atoms with Crippen LogP contribution in [0.4, 0.5) is 0 Å². The minimum absolute atomic E-state index is 0.113. The second-order valence-corrected chi connectivity index (χ2v) is 17.0. The van der Waals surface area contributed by atoms with Gasteiger partial charge in [0, 0.05) is 31.0 Å². The maximum absolute atomic E-state index is 14.1. The molecule has 3 saturated heterocycles. The van der Waals surface area contributed by atoms with Crippen LogP contribution in [0.2, 0.25) is 0 Å². The Kier molecular flexibility index (Phi) is 15.0. The van der Waals surface area contributed by atoms with E-state index in [0.29, 0.717) is 13.0 Å². The van der Waals surface area contributed by atoms with Crippen molar-refractivity contribution in [3.63, 3.8) is 0 Å². The average Bonchev–Trinajstić information content (AvgIpc) is 3.02. The van der Waals surface area contributed by atoms with Gasteiger partial charge in [-0.3, -0.25) is 4.79 Å². The summed E-state index contributed by atoms with van der Waals surface area (Å²) in [4.78, 5) is 17.9. The van der Waals surface area contributed by atoms with Crippen LogP contribution in [0.15, 0.2) is 0 Å². The van der Waals surface area contributed by atoms with E-state index in [0.717, 1.165) is 0 Å². The van der Waals surface area contributed by atoms with Crippen LogP contribution >= 0.6 is 0 Å². The van der Waals surface area contributed by atoms with Crippen LogP contribution in [0.25, 0.3) is 0 Å². The highest BCUT2D eigenvalue weighted by Crippen LogP contribution is 2.39. The number of nitrogens with zero attached hydrogens (tertiary/aromatic N) is 2. The highest BCUT2D eigenvalue weighted by molar-refractivity contribution is 5.73. The lowest BCUT2D eigenvalue weighted by Crippen LogP contribution is -2.60. The maximum Gasteiger partial charge on any atom is 0.311 e. The third-order valence-corrected chi connectivity index (χ3v) is 11.8. The predicted octanol–water partition coefficient (Wildman–Crippen LogP) is 1.25. The summed E-state index contributed by atoms with van der Waals surface area (Å²) in [7, 11) is 5.57. The normalized spacial score (nSPS) is 50.4. The van der Waals surface area contributed by atoms with Crippen LogP contribution < -0.4 is 0 Å². The van der Waals surface area contributed by atoms with Crippen LogP contribution in [0.3, 0.4) is 0 Å². The number of hydrogen-bond acceptors (Lipinski definition) is 14. The first-order valence-electron chi connectivity index (χ1n) is 18.8. The first kappa shape index (κ1) is 44.4. The lowest BCUT2D eigenvalue weighted by Gasteiger charge is -2.48. The van der Waals surface area contributed by atoms with Gasteiger partial charge in [0.1, 0.15) is 30.0 Å². The van der Waals surface area contributed by atoms with Crippen molar-refractivity contribution in [2.45, 2.75) is 185 Å². The zero-order valence-electron chi connectivity index (χ0n) is 33.2. The van der Waals surface area contributed by atoms with Crippen LogP contribution in [0.1, 0.15) is 94.9 Å². The number of aliphatic hydroxyl groups is 6. The Morgan fingerprint density at radius 1 is 0.902 bits per heavy atom. The van der Waals surface area contributed by atoms with Gasteiger partial charge >= 0.3 is 5.97 Å². The second-order valence-electron chi connectivity index (χ2n) is 17.0. The zero-order valence-corrected chi connectivity index (χ0v) is 33.2. The molecule has 14 heteroatoms. The Hall–Kier alpha value is -1.01. The van der Waals surface area contributed by atoms with Crippen LogP contribution in [0.5, 0.6) is 0 Å². The third-order valence-electron chi connectivity index (χ3n) is 11.8. The van der Waals surface area contributed by atoms with Crippen LogP contribution in [0, 0.1) is 17.8 Å². The summed E-state index contributed by atoms with van der Waals surface area (Å²) in [6.45, 7) is 17.5. The van der Waals surface area contributed by atoms with Gasteiger partial charge in [0.25, 0.3) is 0 Å². The molecule has 0 saturated carbocycles. The van der Waals surface area contributed by atoms with Gasteiger partial charge in [-0.05, 0) is 94.8 Å². The lowest BCUT2D eigenvalue weighted by molar-refractivity contribution is -0.316. The molecule has 0 spiro atoms. The first-order chi connectivity index (χ1) is 23.3. The zero-order chi connectivity index (χ0) is 39.0.